The molecular formula is C25H35N5O3. The third-order valence-electron chi connectivity index (χ3n) is 7.35. The Morgan fingerprint density at radius 3 is 2.67 bits per heavy atom. The minimum atomic E-state index is -1.04. The number of amides is 2. The highest BCUT2D eigenvalue weighted by molar-refractivity contribution is 5.95. The lowest BCUT2D eigenvalue weighted by Crippen LogP contribution is -2.68. The van der Waals surface area contributed by atoms with Crippen LogP contribution in [0.5, 0.6) is 0 Å². The van der Waals surface area contributed by atoms with E-state index < -0.39 is 11.6 Å². The second-order valence-corrected chi connectivity index (χ2v) is 9.62. The van der Waals surface area contributed by atoms with Gasteiger partial charge in [-0.3, -0.25) is 15.0 Å². The molecule has 0 spiro atoms. The summed E-state index contributed by atoms with van der Waals surface area (Å²) >= 11 is 0. The topological polar surface area (TPSA) is 135 Å². The van der Waals surface area contributed by atoms with Crippen LogP contribution in [0.3, 0.4) is 0 Å². The van der Waals surface area contributed by atoms with Gasteiger partial charge in [-0.05, 0) is 50.5 Å². The fraction of sp³-hybridized carbons (Fsp3) is 0.560. The van der Waals surface area contributed by atoms with Crippen LogP contribution in [0.15, 0.2) is 35.9 Å². The first-order chi connectivity index (χ1) is 15.8. The maximum absolute atomic E-state index is 13.7. The number of methoxy groups -OCH3 is 1. The Kier molecular flexibility index (Phi) is 6.86. The molecule has 0 aromatic heterocycles. The van der Waals surface area contributed by atoms with Crippen molar-refractivity contribution in [2.24, 2.45) is 11.5 Å². The monoisotopic (exact) mass is 453 g/mol. The molecule has 178 valence electrons. The van der Waals surface area contributed by atoms with Gasteiger partial charge in [-0.1, -0.05) is 35.9 Å². The van der Waals surface area contributed by atoms with Gasteiger partial charge in [-0.2, -0.15) is 0 Å². The maximum atomic E-state index is 13.7. The van der Waals surface area contributed by atoms with E-state index in [0.29, 0.717) is 31.4 Å². The number of allylic oxidation sites excluding steroid dienone is 1. The molecule has 2 aliphatic heterocycles. The SMILES string of the molecule is CO[C@H]1C[C@@](N)(CC2=CCCCC2)C(=O)N2[C@H](C(=O)NCc3ccc(C(=N)N)cc3)CC[C@@H]12. The second kappa shape index (κ2) is 9.65. The van der Waals surface area contributed by atoms with Crippen LogP contribution < -0.4 is 16.8 Å². The summed E-state index contributed by atoms with van der Waals surface area (Å²) in [5.41, 5.74) is 14.0. The largest absolute Gasteiger partial charge is 0.384 e. The van der Waals surface area contributed by atoms with E-state index in [2.05, 4.69) is 11.4 Å². The van der Waals surface area contributed by atoms with Gasteiger partial charge in [0.1, 0.15) is 17.4 Å². The van der Waals surface area contributed by atoms with Crippen LogP contribution in [-0.4, -0.2) is 53.4 Å². The summed E-state index contributed by atoms with van der Waals surface area (Å²) in [6, 6.07) is 6.53. The van der Waals surface area contributed by atoms with Crippen molar-refractivity contribution in [3.05, 3.63) is 47.0 Å². The molecule has 33 heavy (non-hydrogen) atoms. The Balaban J connectivity index is 1.47. The summed E-state index contributed by atoms with van der Waals surface area (Å²) in [4.78, 5) is 28.5. The number of nitrogens with zero attached hydrogens (tertiary/aromatic N) is 1. The number of rotatable bonds is 7. The normalized spacial score (nSPS) is 29.4. The van der Waals surface area contributed by atoms with Crippen LogP contribution in [0.1, 0.15) is 62.5 Å². The van der Waals surface area contributed by atoms with E-state index >= 15 is 0 Å². The van der Waals surface area contributed by atoms with E-state index in [0.717, 1.165) is 31.2 Å². The van der Waals surface area contributed by atoms with E-state index in [1.165, 1.54) is 12.0 Å². The van der Waals surface area contributed by atoms with E-state index in [1.54, 1.807) is 24.1 Å². The first-order valence-electron chi connectivity index (χ1n) is 11.9. The van der Waals surface area contributed by atoms with Gasteiger partial charge in [-0.25, -0.2) is 0 Å². The third kappa shape index (κ3) is 4.82. The van der Waals surface area contributed by atoms with Crippen molar-refractivity contribution in [2.45, 2.75) is 81.6 Å². The average Bonchev–Trinajstić information content (AvgIpc) is 3.26. The van der Waals surface area contributed by atoms with Crippen LogP contribution in [0.4, 0.5) is 0 Å². The number of nitrogens with two attached hydrogens (primary N) is 2. The van der Waals surface area contributed by atoms with Gasteiger partial charge in [0.15, 0.2) is 0 Å². The molecule has 6 N–H and O–H groups in total. The number of benzene rings is 1. The van der Waals surface area contributed by atoms with Crippen molar-refractivity contribution in [1.29, 1.82) is 5.41 Å². The Morgan fingerprint density at radius 1 is 1.27 bits per heavy atom. The van der Waals surface area contributed by atoms with Gasteiger partial charge in [0, 0.05) is 25.6 Å². The van der Waals surface area contributed by atoms with Crippen LogP contribution in [-0.2, 0) is 20.9 Å². The zero-order valence-electron chi connectivity index (χ0n) is 19.3. The van der Waals surface area contributed by atoms with Gasteiger partial charge >= 0.3 is 0 Å². The van der Waals surface area contributed by atoms with E-state index in [4.69, 9.17) is 21.6 Å². The molecule has 0 radical (unpaired) electrons. The highest BCUT2D eigenvalue weighted by atomic mass is 16.5. The van der Waals surface area contributed by atoms with Gasteiger partial charge in [-0.15, -0.1) is 0 Å². The Morgan fingerprint density at radius 2 is 2.03 bits per heavy atom. The number of ether oxygens (including phenoxy) is 1. The number of fused-ring (bicyclic) bond motifs is 1. The quantitative estimate of drug-likeness (QED) is 0.284. The Labute approximate surface area is 195 Å². The number of hydrogen-bond donors (Lipinski definition) is 4. The van der Waals surface area contributed by atoms with Crippen molar-refractivity contribution in [1.82, 2.24) is 10.2 Å². The van der Waals surface area contributed by atoms with Crippen molar-refractivity contribution in [3.8, 4) is 0 Å². The lowest BCUT2D eigenvalue weighted by atomic mass is 9.77. The predicted octanol–water partition coefficient (Wildman–Crippen LogP) is 1.95. The predicted molar refractivity (Wildman–Crippen MR) is 126 cm³/mol. The number of amidine groups is 1. The summed E-state index contributed by atoms with van der Waals surface area (Å²) in [6.45, 7) is 0.342. The molecule has 4 rings (SSSR count). The van der Waals surface area contributed by atoms with Crippen molar-refractivity contribution in [2.75, 3.05) is 7.11 Å². The van der Waals surface area contributed by atoms with Crippen LogP contribution in [0.2, 0.25) is 0 Å². The molecular weight excluding hydrogens is 418 g/mol. The van der Waals surface area contributed by atoms with Crippen LogP contribution in [0.25, 0.3) is 0 Å². The summed E-state index contributed by atoms with van der Waals surface area (Å²) in [5.74, 6) is -0.290. The molecule has 1 aromatic carbocycles. The fourth-order valence-corrected chi connectivity index (χ4v) is 5.56. The maximum Gasteiger partial charge on any atom is 0.244 e. The molecule has 2 amide bonds. The standard InChI is InChI=1S/C25H35N5O3/c1-33-21-14-25(28,13-16-5-3-2-4-6-16)24(32)30-19(21)11-12-20(30)23(31)29-15-17-7-9-18(10-8-17)22(26)27/h5,7-10,19-21H,2-4,6,11-15,28H2,1H3,(H3,26,27)(H,29,31)/t19-,20-,21-,25-/m0/s1. The Hall–Kier alpha value is -2.71. The number of nitrogens with one attached hydrogen (secondary N) is 2. The van der Waals surface area contributed by atoms with Gasteiger partial charge in [0.2, 0.25) is 11.8 Å². The van der Waals surface area contributed by atoms with Crippen molar-refractivity contribution in [3.63, 3.8) is 0 Å². The summed E-state index contributed by atoms with van der Waals surface area (Å²) in [5, 5.41) is 10.5. The molecule has 2 saturated heterocycles. The number of carbonyl (C=O) groups excluding carboxylic acids is 2. The molecule has 2 fully saturated rings. The molecule has 2 heterocycles. The first kappa shape index (κ1) is 23.4. The minimum Gasteiger partial charge on any atom is -0.384 e. The van der Waals surface area contributed by atoms with Crippen molar-refractivity contribution >= 4 is 17.6 Å². The van der Waals surface area contributed by atoms with Crippen molar-refractivity contribution < 1.29 is 14.3 Å². The fourth-order valence-electron chi connectivity index (χ4n) is 5.56. The first-order valence-corrected chi connectivity index (χ1v) is 11.9. The van der Waals surface area contributed by atoms with E-state index in [-0.39, 0.29) is 29.8 Å². The third-order valence-corrected chi connectivity index (χ3v) is 7.35. The number of carbonyl (C=O) groups is 2. The van der Waals surface area contributed by atoms with Crippen LogP contribution in [0, 0.1) is 5.41 Å². The van der Waals surface area contributed by atoms with Crippen LogP contribution >= 0.6 is 0 Å². The highest BCUT2D eigenvalue weighted by Gasteiger charge is 2.55. The zero-order valence-corrected chi connectivity index (χ0v) is 19.3. The average molecular weight is 454 g/mol. The molecule has 0 unspecified atom stereocenters. The van der Waals surface area contributed by atoms with E-state index in [1.807, 2.05) is 12.1 Å². The zero-order chi connectivity index (χ0) is 23.6. The molecule has 8 nitrogen and oxygen atoms in total. The summed E-state index contributed by atoms with van der Waals surface area (Å²) < 4.78 is 5.77. The lowest BCUT2D eigenvalue weighted by molar-refractivity contribution is -0.155. The molecule has 4 atom stereocenters. The second-order valence-electron chi connectivity index (χ2n) is 9.62. The molecule has 0 saturated carbocycles. The number of hydrogen-bond acceptors (Lipinski definition) is 5. The van der Waals surface area contributed by atoms with Gasteiger partial charge in [0.25, 0.3) is 0 Å². The van der Waals surface area contributed by atoms with Gasteiger partial charge < -0.3 is 26.4 Å². The molecule has 0 bridgehead atoms. The molecule has 1 aromatic rings. The summed E-state index contributed by atoms with van der Waals surface area (Å²) in [6.07, 6.45) is 8.75. The summed E-state index contributed by atoms with van der Waals surface area (Å²) in [7, 11) is 1.66. The number of nitrogen functional groups attached to an aromatic ring is 1. The molecule has 1 aliphatic carbocycles. The number of piperidine rings is 1. The Bertz CT molecular complexity index is 944. The van der Waals surface area contributed by atoms with Gasteiger partial charge in [0.05, 0.1) is 12.1 Å². The highest BCUT2D eigenvalue weighted by Crippen LogP contribution is 2.40. The minimum absolute atomic E-state index is 0.00755. The lowest BCUT2D eigenvalue weighted by Gasteiger charge is -2.47. The molecule has 8 heteroatoms. The van der Waals surface area contributed by atoms with E-state index in [9.17, 15) is 9.59 Å². The smallest absolute Gasteiger partial charge is 0.244 e. The molecule has 3 aliphatic rings.